The molecule has 3 nitrogen and oxygen atoms in total. The number of hydrogen-bond donors (Lipinski definition) is 0. The van der Waals surface area contributed by atoms with Gasteiger partial charge in [-0.05, 0) is 35.4 Å². The van der Waals surface area contributed by atoms with Gasteiger partial charge in [-0.25, -0.2) is 0 Å². The van der Waals surface area contributed by atoms with Crippen molar-refractivity contribution in [2.24, 2.45) is 0 Å². The van der Waals surface area contributed by atoms with Crippen LogP contribution < -0.4 is 9.47 Å². The summed E-state index contributed by atoms with van der Waals surface area (Å²) in [5.74, 6) is 0.981. The van der Waals surface area contributed by atoms with Crippen LogP contribution in [-0.4, -0.2) is 12.4 Å². The standard InChI is InChI=1S/C25H22O3/c1-2-17-27-25-16-14-22(28-19-21-11-7-4-8-12-21)18-23(25)24(26)15-13-20-9-5-3-6-10-20/h2-16,18H,1,17,19H2/b15-13+. The average molecular weight is 370 g/mol. The van der Waals surface area contributed by atoms with Crippen molar-refractivity contribution in [2.45, 2.75) is 6.61 Å². The van der Waals surface area contributed by atoms with Gasteiger partial charge in [0, 0.05) is 0 Å². The van der Waals surface area contributed by atoms with Gasteiger partial charge in [0.15, 0.2) is 5.78 Å². The Kier molecular flexibility index (Phi) is 6.80. The van der Waals surface area contributed by atoms with Crippen LogP contribution in [0.1, 0.15) is 21.5 Å². The summed E-state index contributed by atoms with van der Waals surface area (Å²) < 4.78 is 11.5. The SMILES string of the molecule is C=CCOc1ccc(OCc2ccccc2)cc1C(=O)/C=C/c1ccccc1. The number of ether oxygens (including phenoxy) is 2. The average Bonchev–Trinajstić information content (AvgIpc) is 2.76. The molecule has 0 bridgehead atoms. The van der Waals surface area contributed by atoms with Crippen molar-refractivity contribution < 1.29 is 14.3 Å². The van der Waals surface area contributed by atoms with Crippen LogP contribution in [-0.2, 0) is 6.61 Å². The summed E-state index contributed by atoms with van der Waals surface area (Å²) in [5.41, 5.74) is 2.48. The van der Waals surface area contributed by atoms with Crippen LogP contribution in [0.15, 0.2) is 97.6 Å². The summed E-state index contributed by atoms with van der Waals surface area (Å²) in [6.07, 6.45) is 4.98. The second-order valence-electron chi connectivity index (χ2n) is 6.14. The number of ketones is 1. The lowest BCUT2D eigenvalue weighted by atomic mass is 10.1. The van der Waals surface area contributed by atoms with Gasteiger partial charge in [-0.15, -0.1) is 0 Å². The van der Waals surface area contributed by atoms with E-state index in [1.54, 1.807) is 36.4 Å². The predicted octanol–water partition coefficient (Wildman–Crippen LogP) is 5.73. The summed E-state index contributed by atoms with van der Waals surface area (Å²) in [4.78, 5) is 12.8. The molecule has 3 rings (SSSR count). The first kappa shape index (κ1) is 19.2. The topological polar surface area (TPSA) is 35.5 Å². The monoisotopic (exact) mass is 370 g/mol. The van der Waals surface area contributed by atoms with E-state index in [0.29, 0.717) is 30.3 Å². The van der Waals surface area contributed by atoms with Crippen molar-refractivity contribution in [3.05, 3.63) is 114 Å². The molecule has 0 saturated carbocycles. The number of carbonyl (C=O) groups is 1. The summed E-state index contributed by atoms with van der Waals surface area (Å²) in [6.45, 7) is 4.42. The first-order chi connectivity index (χ1) is 13.8. The molecule has 0 aromatic heterocycles. The van der Waals surface area contributed by atoms with E-state index < -0.39 is 0 Å². The third-order valence-corrected chi connectivity index (χ3v) is 4.05. The van der Waals surface area contributed by atoms with E-state index in [1.807, 2.05) is 60.7 Å². The minimum atomic E-state index is -0.145. The van der Waals surface area contributed by atoms with Crippen molar-refractivity contribution in [3.63, 3.8) is 0 Å². The minimum Gasteiger partial charge on any atom is -0.489 e. The Balaban J connectivity index is 1.79. The molecule has 0 saturated heterocycles. The van der Waals surface area contributed by atoms with Gasteiger partial charge >= 0.3 is 0 Å². The molecular weight excluding hydrogens is 348 g/mol. The first-order valence-corrected chi connectivity index (χ1v) is 9.08. The second kappa shape index (κ2) is 9.93. The number of carbonyl (C=O) groups excluding carboxylic acids is 1. The van der Waals surface area contributed by atoms with E-state index in [9.17, 15) is 4.79 Å². The van der Waals surface area contributed by atoms with Gasteiger partial charge in [0.1, 0.15) is 24.7 Å². The number of hydrogen-bond acceptors (Lipinski definition) is 3. The largest absolute Gasteiger partial charge is 0.489 e. The normalized spacial score (nSPS) is 10.6. The van der Waals surface area contributed by atoms with E-state index >= 15 is 0 Å². The highest BCUT2D eigenvalue weighted by Crippen LogP contribution is 2.26. The van der Waals surface area contributed by atoms with E-state index in [1.165, 1.54) is 0 Å². The third kappa shape index (κ3) is 5.45. The molecule has 3 aromatic rings. The van der Waals surface area contributed by atoms with E-state index in [0.717, 1.165) is 11.1 Å². The van der Waals surface area contributed by atoms with Gasteiger partial charge in [-0.1, -0.05) is 79.4 Å². The molecule has 0 aliphatic heterocycles. The highest BCUT2D eigenvalue weighted by atomic mass is 16.5. The van der Waals surface area contributed by atoms with E-state index in [-0.39, 0.29) is 5.78 Å². The van der Waals surface area contributed by atoms with Crippen molar-refractivity contribution in [2.75, 3.05) is 6.61 Å². The van der Waals surface area contributed by atoms with Crippen molar-refractivity contribution in [1.82, 2.24) is 0 Å². The Morgan fingerprint density at radius 1 is 0.893 bits per heavy atom. The van der Waals surface area contributed by atoms with E-state index in [4.69, 9.17) is 9.47 Å². The van der Waals surface area contributed by atoms with Gasteiger partial charge in [-0.3, -0.25) is 4.79 Å². The van der Waals surface area contributed by atoms with Crippen LogP contribution in [0.2, 0.25) is 0 Å². The number of benzene rings is 3. The fraction of sp³-hybridized carbons (Fsp3) is 0.0800. The molecule has 0 amide bonds. The Morgan fingerprint density at radius 3 is 2.32 bits per heavy atom. The Bertz CT molecular complexity index is 944. The van der Waals surface area contributed by atoms with Gasteiger partial charge in [-0.2, -0.15) is 0 Å². The molecule has 0 N–H and O–H groups in total. The molecule has 3 heteroatoms. The fourth-order valence-corrected chi connectivity index (χ4v) is 2.63. The van der Waals surface area contributed by atoms with Crippen LogP contribution in [0.5, 0.6) is 11.5 Å². The predicted molar refractivity (Wildman–Crippen MR) is 113 cm³/mol. The van der Waals surface area contributed by atoms with Crippen molar-refractivity contribution in [1.29, 1.82) is 0 Å². The maximum atomic E-state index is 12.8. The van der Waals surface area contributed by atoms with Gasteiger partial charge in [0.25, 0.3) is 0 Å². The Hall–Kier alpha value is -3.59. The summed E-state index contributed by atoms with van der Waals surface area (Å²) in [5, 5.41) is 0. The lowest BCUT2D eigenvalue weighted by Gasteiger charge is -2.12. The summed E-state index contributed by atoms with van der Waals surface area (Å²) in [7, 11) is 0. The highest BCUT2D eigenvalue weighted by molar-refractivity contribution is 6.08. The molecule has 0 aliphatic carbocycles. The van der Waals surface area contributed by atoms with Crippen LogP contribution in [0.4, 0.5) is 0 Å². The van der Waals surface area contributed by atoms with Crippen molar-refractivity contribution >= 4 is 11.9 Å². The lowest BCUT2D eigenvalue weighted by Crippen LogP contribution is -2.03. The Labute approximate surface area is 165 Å². The van der Waals surface area contributed by atoms with Gasteiger partial charge < -0.3 is 9.47 Å². The molecule has 140 valence electrons. The molecule has 0 aliphatic rings. The number of allylic oxidation sites excluding steroid dienone is 1. The maximum absolute atomic E-state index is 12.8. The van der Waals surface area contributed by atoms with Gasteiger partial charge in [0.05, 0.1) is 5.56 Å². The maximum Gasteiger partial charge on any atom is 0.189 e. The highest BCUT2D eigenvalue weighted by Gasteiger charge is 2.12. The molecule has 0 unspecified atom stereocenters. The van der Waals surface area contributed by atoms with Gasteiger partial charge in [0.2, 0.25) is 0 Å². The second-order valence-corrected chi connectivity index (χ2v) is 6.14. The zero-order chi connectivity index (χ0) is 19.6. The zero-order valence-electron chi connectivity index (χ0n) is 15.6. The molecular formula is C25H22O3. The molecule has 0 spiro atoms. The molecule has 28 heavy (non-hydrogen) atoms. The van der Waals surface area contributed by atoms with Crippen LogP contribution in [0.3, 0.4) is 0 Å². The zero-order valence-corrected chi connectivity index (χ0v) is 15.6. The third-order valence-electron chi connectivity index (χ3n) is 4.05. The van der Waals surface area contributed by atoms with Crippen LogP contribution >= 0.6 is 0 Å². The molecule has 0 radical (unpaired) electrons. The molecule has 0 fully saturated rings. The van der Waals surface area contributed by atoms with Crippen molar-refractivity contribution in [3.8, 4) is 11.5 Å². The Morgan fingerprint density at radius 2 is 1.61 bits per heavy atom. The molecule has 0 heterocycles. The quantitative estimate of drug-likeness (QED) is 0.274. The molecule has 3 aromatic carbocycles. The lowest BCUT2D eigenvalue weighted by molar-refractivity contribution is 0.104. The van der Waals surface area contributed by atoms with Crippen LogP contribution in [0, 0.1) is 0 Å². The molecule has 0 atom stereocenters. The fourth-order valence-electron chi connectivity index (χ4n) is 2.63. The van der Waals surface area contributed by atoms with E-state index in [2.05, 4.69) is 6.58 Å². The van der Waals surface area contributed by atoms with Crippen LogP contribution in [0.25, 0.3) is 6.08 Å². The summed E-state index contributed by atoms with van der Waals surface area (Å²) in [6, 6.07) is 24.9. The summed E-state index contributed by atoms with van der Waals surface area (Å²) >= 11 is 0. The minimum absolute atomic E-state index is 0.145. The smallest absolute Gasteiger partial charge is 0.189 e. The number of rotatable bonds is 9. The first-order valence-electron chi connectivity index (χ1n) is 9.08.